The van der Waals surface area contributed by atoms with Gasteiger partial charge >= 0.3 is 5.97 Å². The number of carbonyl (C=O) groups excluding carboxylic acids is 1. The molecule has 7 fully saturated rings. The smallest absolute Gasteiger partial charge is 0.315 e. The number of aliphatic hydroxyl groups is 10. The molecule has 4 saturated carbocycles. The number of esters is 1. The van der Waals surface area contributed by atoms with Gasteiger partial charge in [0.05, 0.1) is 31.3 Å². The van der Waals surface area contributed by atoms with Crippen molar-refractivity contribution >= 4 is 5.97 Å². The molecule has 63 heavy (non-hydrogen) atoms. The van der Waals surface area contributed by atoms with E-state index in [0.29, 0.717) is 32.1 Å². The van der Waals surface area contributed by atoms with Gasteiger partial charge in [-0.3, -0.25) is 4.79 Å². The van der Waals surface area contributed by atoms with Crippen LogP contribution < -0.4 is 0 Å². The number of carbonyl (C=O) groups is 1. The zero-order valence-corrected chi connectivity index (χ0v) is 37.2. The van der Waals surface area contributed by atoms with Crippen molar-refractivity contribution in [1.29, 1.82) is 0 Å². The van der Waals surface area contributed by atoms with E-state index in [1.165, 1.54) is 5.57 Å². The highest BCUT2D eigenvalue weighted by molar-refractivity contribution is 5.79. The maximum absolute atomic E-state index is 14.5. The van der Waals surface area contributed by atoms with E-state index >= 15 is 0 Å². The lowest BCUT2D eigenvalue weighted by atomic mass is 9.34. The molecule has 8 aliphatic rings. The van der Waals surface area contributed by atoms with Gasteiger partial charge in [0.1, 0.15) is 67.1 Å². The summed E-state index contributed by atoms with van der Waals surface area (Å²) in [7, 11) is 0. The average Bonchev–Trinajstić information content (AvgIpc) is 3.24. The van der Waals surface area contributed by atoms with E-state index in [9.17, 15) is 55.9 Å². The monoisotopic (exact) mass is 896 g/mol. The zero-order chi connectivity index (χ0) is 45.8. The number of hydrogen-bond donors (Lipinski definition) is 10. The summed E-state index contributed by atoms with van der Waals surface area (Å²) in [4.78, 5) is 14.5. The van der Waals surface area contributed by atoms with Gasteiger partial charge in [-0.05, 0) is 97.7 Å². The molecule has 0 amide bonds. The Morgan fingerprint density at radius 3 is 2.10 bits per heavy atom. The third-order valence-corrected chi connectivity index (χ3v) is 18.3. The molecule has 358 valence electrons. The first-order chi connectivity index (χ1) is 29.6. The van der Waals surface area contributed by atoms with Gasteiger partial charge in [-0.1, -0.05) is 58.4 Å². The molecule has 0 bridgehead atoms. The van der Waals surface area contributed by atoms with Gasteiger partial charge in [-0.2, -0.15) is 0 Å². The Morgan fingerprint density at radius 1 is 0.730 bits per heavy atom. The van der Waals surface area contributed by atoms with Crippen LogP contribution in [0.5, 0.6) is 0 Å². The molecule has 17 heteroatoms. The molecule has 8 rings (SSSR count). The summed E-state index contributed by atoms with van der Waals surface area (Å²) in [6.07, 6.45) is -11.7. The quantitative estimate of drug-likeness (QED) is 0.0892. The molecule has 0 radical (unpaired) electrons. The van der Waals surface area contributed by atoms with E-state index in [4.69, 9.17) is 28.4 Å². The van der Waals surface area contributed by atoms with Gasteiger partial charge in [0, 0.05) is 5.92 Å². The zero-order valence-electron chi connectivity index (χ0n) is 37.2. The van der Waals surface area contributed by atoms with Crippen molar-refractivity contribution in [3.05, 3.63) is 23.8 Å². The van der Waals surface area contributed by atoms with E-state index in [0.717, 1.165) is 37.7 Å². The third kappa shape index (κ3) is 7.43. The van der Waals surface area contributed by atoms with Crippen LogP contribution >= 0.6 is 0 Å². The van der Waals surface area contributed by atoms with Crippen LogP contribution in [0.1, 0.15) is 98.8 Å². The van der Waals surface area contributed by atoms with Crippen LogP contribution in [0.25, 0.3) is 0 Å². The van der Waals surface area contributed by atoms with E-state index < -0.39 is 122 Å². The Labute approximate surface area is 369 Å². The fourth-order valence-electron chi connectivity index (χ4n) is 14.3. The van der Waals surface area contributed by atoms with Crippen LogP contribution in [0.4, 0.5) is 0 Å². The first-order valence-electron chi connectivity index (χ1n) is 23.1. The van der Waals surface area contributed by atoms with E-state index in [1.54, 1.807) is 0 Å². The minimum Gasteiger partial charge on any atom is -0.432 e. The fourth-order valence-corrected chi connectivity index (χ4v) is 14.3. The molecule has 3 aliphatic heterocycles. The predicted molar refractivity (Wildman–Crippen MR) is 220 cm³/mol. The highest BCUT2D eigenvalue weighted by atomic mass is 16.7. The van der Waals surface area contributed by atoms with Gasteiger partial charge in [0.15, 0.2) is 12.6 Å². The van der Waals surface area contributed by atoms with E-state index in [-0.39, 0.29) is 40.6 Å². The van der Waals surface area contributed by atoms with Crippen LogP contribution in [0.3, 0.4) is 0 Å². The molecule has 3 saturated heterocycles. The van der Waals surface area contributed by atoms with Crippen molar-refractivity contribution in [1.82, 2.24) is 0 Å². The summed E-state index contributed by atoms with van der Waals surface area (Å²) in [6, 6.07) is 0. The topological polar surface area (TPSA) is 275 Å². The van der Waals surface area contributed by atoms with Gasteiger partial charge < -0.3 is 79.5 Å². The Bertz CT molecular complexity index is 1740. The molecular formula is C46H72O17. The molecule has 0 aromatic heterocycles. The number of hydrogen-bond acceptors (Lipinski definition) is 17. The SMILES string of the molecule is C=C1CC[C@]2(C(=O)O[C@@H]3O[C@H](CO)[C@@H](O)[C@H](O)[C@H]3O)CC[C@]3(C)C(=CC[C@@H]4[C@@]5(C)CC[C@H](O[C@@H]6O[C@H](CO)[C@@H](O)[C@H](O[C@@H]7OC[C@@H](O)[C@H](O)[C@H]7O)[C@H]6O)C(C)(C)[C@@H]5CC[C@]43C)[C@@H]2C1. The molecule has 0 aromatic rings. The first kappa shape index (κ1) is 47.8. The number of rotatable bonds is 8. The van der Waals surface area contributed by atoms with Crippen LogP contribution in [0, 0.1) is 44.8 Å². The molecule has 0 spiro atoms. The molecule has 10 N–H and O–H groups in total. The fraction of sp³-hybridized carbons (Fsp3) is 0.891. The van der Waals surface area contributed by atoms with Crippen molar-refractivity contribution in [3.8, 4) is 0 Å². The van der Waals surface area contributed by atoms with Gasteiger partial charge in [0.25, 0.3) is 0 Å². The van der Waals surface area contributed by atoms with Crippen molar-refractivity contribution in [2.75, 3.05) is 19.8 Å². The highest BCUT2D eigenvalue weighted by Crippen LogP contribution is 2.75. The summed E-state index contributed by atoms with van der Waals surface area (Å²) in [5.41, 5.74) is 0.420. The van der Waals surface area contributed by atoms with Crippen molar-refractivity contribution in [2.45, 2.75) is 191 Å². The lowest BCUT2D eigenvalue weighted by Crippen LogP contribution is -2.66. The van der Waals surface area contributed by atoms with Gasteiger partial charge in [0.2, 0.25) is 6.29 Å². The Morgan fingerprint density at radius 2 is 1.40 bits per heavy atom. The molecular weight excluding hydrogens is 824 g/mol. The van der Waals surface area contributed by atoms with Crippen LogP contribution in [0.2, 0.25) is 0 Å². The van der Waals surface area contributed by atoms with Crippen LogP contribution in [-0.2, 0) is 33.2 Å². The Balaban J connectivity index is 1.01. The molecule has 17 nitrogen and oxygen atoms in total. The number of ether oxygens (including phenoxy) is 6. The minimum absolute atomic E-state index is 0.129. The van der Waals surface area contributed by atoms with E-state index in [1.807, 2.05) is 0 Å². The lowest BCUT2D eigenvalue weighted by Gasteiger charge is -2.71. The average molecular weight is 897 g/mol. The predicted octanol–water partition coefficient (Wildman–Crippen LogP) is 0.310. The van der Waals surface area contributed by atoms with Gasteiger partial charge in [-0.15, -0.1) is 0 Å². The maximum Gasteiger partial charge on any atom is 0.315 e. The van der Waals surface area contributed by atoms with Crippen molar-refractivity contribution in [3.63, 3.8) is 0 Å². The third-order valence-electron chi connectivity index (χ3n) is 18.3. The summed E-state index contributed by atoms with van der Waals surface area (Å²) >= 11 is 0. The Kier molecular flexibility index (Phi) is 13.0. The summed E-state index contributed by atoms with van der Waals surface area (Å²) in [5.74, 6) is -0.244. The molecule has 3 heterocycles. The van der Waals surface area contributed by atoms with E-state index in [2.05, 4.69) is 47.3 Å². The summed E-state index contributed by atoms with van der Waals surface area (Å²) in [5, 5.41) is 105. The van der Waals surface area contributed by atoms with Gasteiger partial charge in [-0.25, -0.2) is 0 Å². The normalized spacial score (nSPS) is 53.3. The largest absolute Gasteiger partial charge is 0.432 e. The van der Waals surface area contributed by atoms with Crippen LogP contribution in [-0.4, -0.2) is 169 Å². The lowest BCUT2D eigenvalue weighted by molar-refractivity contribution is -0.361. The second-order valence-corrected chi connectivity index (χ2v) is 21.6. The number of fused-ring (bicyclic) bond motifs is 7. The number of aliphatic hydroxyl groups excluding tert-OH is 10. The second kappa shape index (κ2) is 17.1. The van der Waals surface area contributed by atoms with Crippen molar-refractivity contribution < 1.29 is 84.3 Å². The minimum atomic E-state index is -1.69. The highest BCUT2D eigenvalue weighted by Gasteiger charge is 2.69. The Hall–Kier alpha value is -1.65. The summed E-state index contributed by atoms with van der Waals surface area (Å²) in [6.45, 7) is 14.4. The summed E-state index contributed by atoms with van der Waals surface area (Å²) < 4.78 is 35.4. The van der Waals surface area contributed by atoms with Crippen molar-refractivity contribution in [2.24, 2.45) is 44.8 Å². The standard InChI is InChI=1S/C46H72O17/c1-21-9-14-46(41(57)63-39-35(55)33(53)31(51)25(18-47)59-39)16-15-44(5)22(23(46)17-21)7-8-28-43(4)12-11-29(42(2,3)27(43)10-13-45(28,44)6)61-40-36(56)37(32(52)26(19-48)60-40)62-38-34(54)30(50)24(49)20-58-38/h7,23-40,47-56H,1,8-20H2,2-6H3/t23-,24+,25+,26+,27-,28+,29-,30-,31+,32+,33-,34+,35+,36+,37-,38-,39-,40-,43-,44+,45+,46-/m0/s1. The van der Waals surface area contributed by atoms with Crippen LogP contribution in [0.15, 0.2) is 23.8 Å². The first-order valence-corrected chi connectivity index (χ1v) is 23.1. The maximum atomic E-state index is 14.5. The molecule has 0 unspecified atom stereocenters. The molecule has 0 aromatic carbocycles. The second-order valence-electron chi connectivity index (χ2n) is 21.6. The molecule has 22 atom stereocenters. The molecule has 5 aliphatic carbocycles. The number of allylic oxidation sites excluding steroid dienone is 3.